The van der Waals surface area contributed by atoms with Gasteiger partial charge in [-0.2, -0.15) is 5.26 Å². The van der Waals surface area contributed by atoms with Gasteiger partial charge < -0.3 is 9.64 Å². The minimum Gasteiger partial charge on any atom is -0.444 e. The van der Waals surface area contributed by atoms with Crippen LogP contribution in [0.1, 0.15) is 42.3 Å². The number of nitriles is 1. The Hall–Kier alpha value is -2.72. The van der Waals surface area contributed by atoms with E-state index in [9.17, 15) is 14.4 Å². The summed E-state index contributed by atoms with van der Waals surface area (Å²) in [5.41, 5.74) is 1.55. The molecule has 0 atom stereocenters. The Morgan fingerprint density at radius 3 is 2.89 bits per heavy atom. The maximum absolute atomic E-state index is 13.3. The molecule has 27 heavy (non-hydrogen) atoms. The molecule has 0 spiro atoms. The smallest absolute Gasteiger partial charge is 0.410 e. The van der Waals surface area contributed by atoms with E-state index in [1.165, 1.54) is 23.5 Å². The maximum atomic E-state index is 13.3. The van der Waals surface area contributed by atoms with Gasteiger partial charge in [-0.25, -0.2) is 14.2 Å². The van der Waals surface area contributed by atoms with Gasteiger partial charge >= 0.3 is 6.09 Å². The zero-order valence-electron chi connectivity index (χ0n) is 15.5. The van der Waals surface area contributed by atoms with Crippen LogP contribution in [0.5, 0.6) is 0 Å². The van der Waals surface area contributed by atoms with Crippen LogP contribution in [0.2, 0.25) is 0 Å². The number of ether oxygens (including phenoxy) is 1. The molecule has 2 aromatic rings. The highest BCUT2D eigenvalue weighted by Crippen LogP contribution is 2.38. The highest BCUT2D eigenvalue weighted by Gasteiger charge is 2.29. The predicted molar refractivity (Wildman–Crippen MR) is 103 cm³/mol. The van der Waals surface area contributed by atoms with Crippen LogP contribution in [0.3, 0.4) is 0 Å². The molecule has 1 amide bonds. The zero-order chi connectivity index (χ0) is 19.6. The molecular weight excluding hydrogens is 365 g/mol. The van der Waals surface area contributed by atoms with Crippen LogP contribution in [0.4, 0.5) is 14.2 Å². The van der Waals surface area contributed by atoms with E-state index in [1.807, 2.05) is 20.8 Å². The van der Waals surface area contributed by atoms with E-state index in [4.69, 9.17) is 4.74 Å². The molecule has 1 aliphatic rings. The number of aliphatic imine (C=N–C) groups is 1. The normalized spacial score (nSPS) is 14.1. The number of carbonyl (C=O) groups excluding carboxylic acids is 1. The van der Waals surface area contributed by atoms with Gasteiger partial charge in [-0.15, -0.1) is 11.3 Å². The summed E-state index contributed by atoms with van der Waals surface area (Å²) in [7, 11) is 0. The molecule has 0 saturated heterocycles. The fourth-order valence-electron chi connectivity index (χ4n) is 2.80. The van der Waals surface area contributed by atoms with Crippen molar-refractivity contribution in [3.8, 4) is 6.07 Å². The third-order valence-electron chi connectivity index (χ3n) is 3.98. The molecule has 0 saturated carbocycles. The van der Waals surface area contributed by atoms with E-state index in [0.29, 0.717) is 35.6 Å². The van der Waals surface area contributed by atoms with E-state index in [1.54, 1.807) is 23.2 Å². The molecule has 140 valence electrons. The van der Waals surface area contributed by atoms with E-state index in [0.717, 1.165) is 10.4 Å². The van der Waals surface area contributed by atoms with Crippen molar-refractivity contribution in [2.75, 3.05) is 6.54 Å². The number of rotatable bonds is 2. The number of nitrogens with zero attached hydrogens (tertiary/aromatic N) is 3. The van der Waals surface area contributed by atoms with E-state index in [2.05, 4.69) is 11.1 Å². The van der Waals surface area contributed by atoms with Gasteiger partial charge in [0.25, 0.3) is 0 Å². The number of carbonyl (C=O) groups is 1. The predicted octanol–water partition coefficient (Wildman–Crippen LogP) is 4.80. The first-order chi connectivity index (χ1) is 12.8. The number of benzene rings is 1. The number of hydrogen-bond acceptors (Lipinski definition) is 5. The molecule has 0 unspecified atom stereocenters. The molecule has 0 radical (unpaired) electrons. The second kappa shape index (κ2) is 7.49. The summed E-state index contributed by atoms with van der Waals surface area (Å²) in [6, 6.07) is 8.33. The first-order valence-electron chi connectivity index (χ1n) is 8.59. The number of amides is 1. The summed E-state index contributed by atoms with van der Waals surface area (Å²) in [5.74, 6) is -0.335. The number of hydrogen-bond donors (Lipinski definition) is 0. The van der Waals surface area contributed by atoms with Crippen molar-refractivity contribution in [1.82, 2.24) is 4.90 Å². The van der Waals surface area contributed by atoms with Crippen LogP contribution in [0.15, 0.2) is 29.3 Å². The second-order valence-corrected chi connectivity index (χ2v) is 8.34. The van der Waals surface area contributed by atoms with Gasteiger partial charge in [-0.05, 0) is 50.5 Å². The molecule has 0 fully saturated rings. The first kappa shape index (κ1) is 19.1. The highest BCUT2D eigenvalue weighted by molar-refractivity contribution is 7.16. The van der Waals surface area contributed by atoms with E-state index < -0.39 is 5.60 Å². The van der Waals surface area contributed by atoms with Gasteiger partial charge in [-0.1, -0.05) is 12.1 Å². The SMILES string of the molecule is CC(C)(C)OC(=O)N1CCc2c(sc(N=Cc3cccc(F)c3)c2C#N)C1. The lowest BCUT2D eigenvalue weighted by atomic mass is 10.0. The third kappa shape index (κ3) is 4.52. The summed E-state index contributed by atoms with van der Waals surface area (Å²) >= 11 is 1.39. The Morgan fingerprint density at radius 2 is 2.22 bits per heavy atom. The molecule has 1 aromatic carbocycles. The summed E-state index contributed by atoms with van der Waals surface area (Å²) in [4.78, 5) is 19.3. The van der Waals surface area contributed by atoms with Crippen molar-refractivity contribution in [1.29, 1.82) is 5.26 Å². The molecule has 0 bridgehead atoms. The molecule has 5 nitrogen and oxygen atoms in total. The summed E-state index contributed by atoms with van der Waals surface area (Å²) < 4.78 is 18.7. The highest BCUT2D eigenvalue weighted by atomic mass is 32.1. The standard InChI is InChI=1S/C20H20FN3O2S/c1-20(2,3)26-19(25)24-8-7-15-16(10-22)18(27-17(15)12-24)23-11-13-5-4-6-14(21)9-13/h4-6,9,11H,7-8,12H2,1-3H3. The van der Waals surface area contributed by atoms with Crippen LogP contribution in [0, 0.1) is 17.1 Å². The average Bonchev–Trinajstić information content (AvgIpc) is 2.95. The van der Waals surface area contributed by atoms with Crippen LogP contribution in [-0.2, 0) is 17.7 Å². The average molecular weight is 385 g/mol. The Labute approximate surface area is 161 Å². The zero-order valence-corrected chi connectivity index (χ0v) is 16.3. The molecular formula is C20H20FN3O2S. The van der Waals surface area contributed by atoms with Crippen molar-refractivity contribution >= 4 is 28.6 Å². The largest absolute Gasteiger partial charge is 0.444 e. The van der Waals surface area contributed by atoms with Crippen molar-refractivity contribution < 1.29 is 13.9 Å². The van der Waals surface area contributed by atoms with Crippen molar-refractivity contribution in [3.63, 3.8) is 0 Å². The lowest BCUT2D eigenvalue weighted by Crippen LogP contribution is -2.39. The molecule has 3 rings (SSSR count). The minimum absolute atomic E-state index is 0.335. The Balaban J connectivity index is 1.82. The molecule has 2 heterocycles. The van der Waals surface area contributed by atoms with Crippen LogP contribution < -0.4 is 0 Å². The molecule has 1 aromatic heterocycles. The van der Waals surface area contributed by atoms with Gasteiger partial charge in [0.1, 0.15) is 22.5 Å². The molecule has 0 N–H and O–H groups in total. The lowest BCUT2D eigenvalue weighted by Gasteiger charge is -2.29. The number of thiophene rings is 1. The summed E-state index contributed by atoms with van der Waals surface area (Å²) in [6.07, 6.45) is 1.78. The fourth-order valence-corrected chi connectivity index (χ4v) is 3.96. The Kier molecular flexibility index (Phi) is 5.29. The van der Waals surface area contributed by atoms with E-state index >= 15 is 0 Å². The second-order valence-electron chi connectivity index (χ2n) is 7.26. The summed E-state index contributed by atoms with van der Waals surface area (Å²) in [6.45, 7) is 6.40. The fraction of sp³-hybridized carbons (Fsp3) is 0.350. The number of fused-ring (bicyclic) bond motifs is 1. The van der Waals surface area contributed by atoms with Gasteiger partial charge in [0.2, 0.25) is 0 Å². The lowest BCUT2D eigenvalue weighted by molar-refractivity contribution is 0.0226. The first-order valence-corrected chi connectivity index (χ1v) is 9.40. The monoisotopic (exact) mass is 385 g/mol. The summed E-state index contributed by atoms with van der Waals surface area (Å²) in [5, 5.41) is 10.1. The van der Waals surface area contributed by atoms with Gasteiger partial charge in [-0.3, -0.25) is 0 Å². The van der Waals surface area contributed by atoms with Crippen LogP contribution >= 0.6 is 11.3 Å². The Morgan fingerprint density at radius 1 is 1.44 bits per heavy atom. The van der Waals surface area contributed by atoms with Crippen molar-refractivity contribution in [3.05, 3.63) is 51.7 Å². The van der Waals surface area contributed by atoms with Crippen molar-refractivity contribution in [2.45, 2.75) is 39.3 Å². The van der Waals surface area contributed by atoms with Gasteiger partial charge in [0.05, 0.1) is 12.1 Å². The number of halogens is 1. The maximum Gasteiger partial charge on any atom is 0.410 e. The minimum atomic E-state index is -0.551. The van der Waals surface area contributed by atoms with Gasteiger partial charge in [0.15, 0.2) is 0 Å². The molecule has 1 aliphatic heterocycles. The molecule has 7 heteroatoms. The van der Waals surface area contributed by atoms with Crippen molar-refractivity contribution in [2.24, 2.45) is 4.99 Å². The Bertz CT molecular complexity index is 938. The van der Waals surface area contributed by atoms with Crippen LogP contribution in [-0.4, -0.2) is 29.4 Å². The topological polar surface area (TPSA) is 65.7 Å². The van der Waals surface area contributed by atoms with Crippen LogP contribution in [0.25, 0.3) is 0 Å². The van der Waals surface area contributed by atoms with Gasteiger partial charge in [0, 0.05) is 17.6 Å². The van der Waals surface area contributed by atoms with E-state index in [-0.39, 0.29) is 11.9 Å². The molecule has 0 aliphatic carbocycles. The quantitative estimate of drug-likeness (QED) is 0.697. The third-order valence-corrected chi connectivity index (χ3v) is 5.11.